The Balaban J connectivity index is 1.08. The molecule has 8 aromatic carbocycles. The highest BCUT2D eigenvalue weighted by Crippen LogP contribution is 2.49. The summed E-state index contributed by atoms with van der Waals surface area (Å²) in [6, 6.07) is 66.5. The minimum absolute atomic E-state index is 0.147. The third kappa shape index (κ3) is 5.19. The first-order valence-corrected chi connectivity index (χ1v) is 20.5. The lowest BCUT2D eigenvalue weighted by Gasteiger charge is -2.21. The van der Waals surface area contributed by atoms with Gasteiger partial charge in [-0.25, -0.2) is 19.9 Å². The minimum atomic E-state index is -0.147. The first-order chi connectivity index (χ1) is 29.5. The van der Waals surface area contributed by atoms with Crippen LogP contribution in [0, 0.1) is 0 Å². The summed E-state index contributed by atoms with van der Waals surface area (Å²) in [5, 5.41) is 5.75. The van der Waals surface area contributed by atoms with E-state index in [1.807, 2.05) is 18.2 Å². The van der Waals surface area contributed by atoms with Crippen LogP contribution in [0.3, 0.4) is 0 Å². The molecule has 0 saturated heterocycles. The number of fused-ring (bicyclic) bond motifs is 10. The van der Waals surface area contributed by atoms with Crippen molar-refractivity contribution >= 4 is 43.5 Å². The van der Waals surface area contributed by atoms with Gasteiger partial charge in [0, 0.05) is 54.9 Å². The molecule has 3 aromatic heterocycles. The average molecular weight is 768 g/mol. The Labute approximate surface area is 347 Å². The zero-order valence-corrected chi connectivity index (χ0v) is 33.1. The van der Waals surface area contributed by atoms with Crippen molar-refractivity contribution in [3.8, 4) is 62.2 Å². The molecule has 0 atom stereocenters. The molecule has 1 aliphatic rings. The van der Waals surface area contributed by atoms with Gasteiger partial charge in [0.25, 0.3) is 0 Å². The van der Waals surface area contributed by atoms with Gasteiger partial charge in [0.05, 0.1) is 22.2 Å². The predicted octanol–water partition coefficient (Wildman–Crippen LogP) is 13.6. The van der Waals surface area contributed by atoms with E-state index in [0.717, 1.165) is 66.3 Å². The van der Waals surface area contributed by atoms with E-state index in [9.17, 15) is 0 Å². The van der Waals surface area contributed by atoms with Crippen LogP contribution in [0.5, 0.6) is 0 Å². The van der Waals surface area contributed by atoms with Gasteiger partial charge in [0.15, 0.2) is 17.5 Å². The molecule has 5 heteroatoms. The van der Waals surface area contributed by atoms with Gasteiger partial charge in [-0.15, -0.1) is 0 Å². The summed E-state index contributed by atoms with van der Waals surface area (Å²) in [5.41, 5.74) is 14.1. The van der Waals surface area contributed by atoms with Gasteiger partial charge in [-0.2, -0.15) is 0 Å². The van der Waals surface area contributed by atoms with E-state index in [2.05, 4.69) is 188 Å². The molecule has 0 N–H and O–H groups in total. The number of hydrogen-bond donors (Lipinski definition) is 0. The summed E-state index contributed by atoms with van der Waals surface area (Å²) >= 11 is 0. The zero-order chi connectivity index (χ0) is 40.0. The summed E-state index contributed by atoms with van der Waals surface area (Å²) in [7, 11) is 0. The monoisotopic (exact) mass is 767 g/mol. The lowest BCUT2D eigenvalue weighted by Crippen LogP contribution is -2.15. The Kier molecular flexibility index (Phi) is 7.51. The van der Waals surface area contributed by atoms with Crippen LogP contribution in [-0.2, 0) is 5.41 Å². The molecule has 3 heterocycles. The molecule has 60 heavy (non-hydrogen) atoms. The quantitative estimate of drug-likeness (QED) is 0.164. The molecule has 1 aliphatic carbocycles. The molecule has 0 fully saturated rings. The van der Waals surface area contributed by atoms with Crippen molar-refractivity contribution in [1.82, 2.24) is 24.5 Å². The Morgan fingerprint density at radius 2 is 0.967 bits per heavy atom. The second-order valence-electron chi connectivity index (χ2n) is 16.2. The Bertz CT molecular complexity index is 3500. The predicted molar refractivity (Wildman–Crippen MR) is 246 cm³/mol. The van der Waals surface area contributed by atoms with E-state index in [1.54, 1.807) is 0 Å². The molecule has 11 aromatic rings. The fourth-order valence-electron chi connectivity index (χ4n) is 9.55. The Morgan fingerprint density at radius 3 is 1.73 bits per heavy atom. The molecule has 0 spiro atoms. The molecule has 0 amide bonds. The van der Waals surface area contributed by atoms with Gasteiger partial charge in [0.2, 0.25) is 0 Å². The third-order valence-corrected chi connectivity index (χ3v) is 12.4. The van der Waals surface area contributed by atoms with Crippen LogP contribution in [0.15, 0.2) is 188 Å². The van der Waals surface area contributed by atoms with Crippen molar-refractivity contribution < 1.29 is 0 Å². The van der Waals surface area contributed by atoms with E-state index in [4.69, 9.17) is 19.9 Å². The number of pyridine rings is 1. The van der Waals surface area contributed by atoms with Gasteiger partial charge in [-0.3, -0.25) is 0 Å². The number of aromatic nitrogens is 5. The van der Waals surface area contributed by atoms with Crippen molar-refractivity contribution in [1.29, 1.82) is 0 Å². The SMILES string of the molecule is CC1(C)c2ccccc2-c2ccc(-c3nc(-c4ccccc4)nc(-c4ccc5c(c4)nc(-c4ccccc4)c4c5ccc5c4c4ccccc4n5-c4ccccc4)n3)cc21. The van der Waals surface area contributed by atoms with Crippen LogP contribution in [0.1, 0.15) is 25.0 Å². The van der Waals surface area contributed by atoms with E-state index in [0.29, 0.717) is 17.5 Å². The molecular weight excluding hydrogens is 731 g/mol. The lowest BCUT2D eigenvalue weighted by atomic mass is 9.82. The van der Waals surface area contributed by atoms with E-state index in [-0.39, 0.29) is 5.41 Å². The second kappa shape index (κ2) is 13.1. The van der Waals surface area contributed by atoms with Gasteiger partial charge >= 0.3 is 0 Å². The maximum absolute atomic E-state index is 5.55. The van der Waals surface area contributed by atoms with Crippen molar-refractivity contribution in [2.75, 3.05) is 0 Å². The van der Waals surface area contributed by atoms with Gasteiger partial charge in [-0.1, -0.05) is 166 Å². The molecule has 0 saturated carbocycles. The van der Waals surface area contributed by atoms with Crippen LogP contribution < -0.4 is 0 Å². The maximum atomic E-state index is 5.55. The van der Waals surface area contributed by atoms with Gasteiger partial charge in [0.1, 0.15) is 0 Å². The lowest BCUT2D eigenvalue weighted by molar-refractivity contribution is 0.660. The Morgan fingerprint density at radius 1 is 0.383 bits per heavy atom. The fraction of sp³-hybridized carbons (Fsp3) is 0.0545. The molecule has 282 valence electrons. The number of hydrogen-bond acceptors (Lipinski definition) is 4. The van der Waals surface area contributed by atoms with Crippen molar-refractivity contribution in [2.24, 2.45) is 0 Å². The summed E-state index contributed by atoms with van der Waals surface area (Å²) in [6.07, 6.45) is 0. The molecule has 0 radical (unpaired) electrons. The molecule has 5 nitrogen and oxygen atoms in total. The summed E-state index contributed by atoms with van der Waals surface area (Å²) in [5.74, 6) is 1.88. The summed E-state index contributed by atoms with van der Waals surface area (Å²) in [6.45, 7) is 4.61. The van der Waals surface area contributed by atoms with Gasteiger partial charge < -0.3 is 4.57 Å². The highest BCUT2D eigenvalue weighted by atomic mass is 15.0. The van der Waals surface area contributed by atoms with Crippen LogP contribution >= 0.6 is 0 Å². The highest BCUT2D eigenvalue weighted by molar-refractivity contribution is 6.28. The topological polar surface area (TPSA) is 56.5 Å². The minimum Gasteiger partial charge on any atom is -0.309 e. The van der Waals surface area contributed by atoms with Crippen LogP contribution in [0.4, 0.5) is 0 Å². The number of rotatable bonds is 5. The van der Waals surface area contributed by atoms with E-state index >= 15 is 0 Å². The standard InChI is InChI=1S/C55H37N5/c1-55(2)44-24-14-12-22-39(44)40-28-26-36(32-45(40)55)53-57-52(35-18-8-4-9-19-35)58-54(59-53)37-27-29-41-42-30-31-48-49(50(42)51(56-46(41)33-37)34-16-6-3-7-17-34)43-23-13-15-25-47(43)60(48)38-20-10-5-11-21-38/h3-33H,1-2H3. The normalized spacial score (nSPS) is 13.0. The molecule has 12 rings (SSSR count). The largest absolute Gasteiger partial charge is 0.309 e. The summed E-state index contributed by atoms with van der Waals surface area (Å²) in [4.78, 5) is 21.0. The summed E-state index contributed by atoms with van der Waals surface area (Å²) < 4.78 is 2.37. The van der Waals surface area contributed by atoms with Crippen LogP contribution in [0.25, 0.3) is 106 Å². The first kappa shape index (κ1) is 34.3. The zero-order valence-electron chi connectivity index (χ0n) is 33.1. The van der Waals surface area contributed by atoms with Crippen LogP contribution in [-0.4, -0.2) is 24.5 Å². The van der Waals surface area contributed by atoms with E-state index in [1.165, 1.54) is 33.0 Å². The van der Waals surface area contributed by atoms with Crippen LogP contribution in [0.2, 0.25) is 0 Å². The first-order valence-electron chi connectivity index (χ1n) is 20.5. The highest BCUT2D eigenvalue weighted by Gasteiger charge is 2.35. The molecule has 0 aliphatic heterocycles. The fourth-order valence-corrected chi connectivity index (χ4v) is 9.55. The van der Waals surface area contributed by atoms with Crippen molar-refractivity contribution in [2.45, 2.75) is 19.3 Å². The third-order valence-electron chi connectivity index (χ3n) is 12.4. The number of para-hydroxylation sites is 2. The van der Waals surface area contributed by atoms with Crippen molar-refractivity contribution in [3.63, 3.8) is 0 Å². The number of benzene rings is 8. The number of nitrogens with zero attached hydrogens (tertiary/aromatic N) is 5. The second-order valence-corrected chi connectivity index (χ2v) is 16.2. The average Bonchev–Trinajstić information content (AvgIpc) is 3.77. The molecular formula is C55H37N5. The Hall–Kier alpha value is -7.76. The van der Waals surface area contributed by atoms with Gasteiger partial charge in [-0.05, 0) is 64.0 Å². The van der Waals surface area contributed by atoms with E-state index < -0.39 is 0 Å². The maximum Gasteiger partial charge on any atom is 0.164 e. The smallest absolute Gasteiger partial charge is 0.164 e. The van der Waals surface area contributed by atoms with Crippen molar-refractivity contribution in [3.05, 3.63) is 199 Å². The molecule has 0 bridgehead atoms. The molecule has 0 unspecified atom stereocenters.